The van der Waals surface area contributed by atoms with E-state index >= 15 is 0 Å². The molecule has 3 aromatic rings. The number of carbonyl (C=O) groups excluding carboxylic acids is 1. The van der Waals surface area contributed by atoms with Crippen molar-refractivity contribution in [2.24, 2.45) is 0 Å². The zero-order valence-corrected chi connectivity index (χ0v) is 21.3. The van der Waals surface area contributed by atoms with Crippen molar-refractivity contribution in [2.45, 2.75) is 58.6 Å². The highest BCUT2D eigenvalue weighted by molar-refractivity contribution is 7.17. The number of nitrogens with zero attached hydrogens (tertiary/aromatic N) is 2. The zero-order valence-electron chi connectivity index (χ0n) is 19.8. The molecule has 1 N–H and O–H groups in total. The van der Waals surface area contributed by atoms with Crippen molar-refractivity contribution in [2.75, 3.05) is 13.2 Å². The third kappa shape index (κ3) is 5.77. The average molecular weight is 500 g/mol. The number of carbonyl (C=O) groups is 1. The minimum Gasteiger partial charge on any atom is -0.489 e. The smallest absolute Gasteiger partial charge is 0.323 e. The van der Waals surface area contributed by atoms with Gasteiger partial charge in [-0.3, -0.25) is 4.79 Å². The fraction of sp³-hybridized carbons (Fsp3) is 0.423. The normalized spacial score (nSPS) is 15.6. The molecule has 1 fully saturated rings. The molecule has 8 heteroatoms. The molecule has 0 radical (unpaired) electrons. The first-order valence-electron chi connectivity index (χ1n) is 11.8. The van der Waals surface area contributed by atoms with Crippen molar-refractivity contribution in [3.05, 3.63) is 52.5 Å². The summed E-state index contributed by atoms with van der Waals surface area (Å²) in [6, 6.07) is 11.7. The van der Waals surface area contributed by atoms with Crippen LogP contribution < -0.4 is 10.1 Å². The lowest BCUT2D eigenvalue weighted by Gasteiger charge is -2.14. The van der Waals surface area contributed by atoms with E-state index in [0.717, 1.165) is 46.9 Å². The second kappa shape index (κ2) is 11.3. The first kappa shape index (κ1) is 24.6. The highest BCUT2D eigenvalue weighted by Crippen LogP contribution is 2.36. The van der Waals surface area contributed by atoms with Gasteiger partial charge in [-0.25, -0.2) is 0 Å². The lowest BCUT2D eigenvalue weighted by atomic mass is 9.97. The molecule has 2 heterocycles. The number of hydrogen-bond acceptors (Lipinski definition) is 7. The second-order valence-corrected chi connectivity index (χ2v) is 9.97. The van der Waals surface area contributed by atoms with Gasteiger partial charge in [-0.2, -0.15) is 0 Å². The van der Waals surface area contributed by atoms with Gasteiger partial charge in [0.15, 0.2) is 0 Å². The molecule has 0 unspecified atom stereocenters. The first-order chi connectivity index (χ1) is 16.5. The maximum Gasteiger partial charge on any atom is 0.323 e. The summed E-state index contributed by atoms with van der Waals surface area (Å²) in [6.45, 7) is 7.33. The minimum absolute atomic E-state index is 0.0547. The fourth-order valence-corrected chi connectivity index (χ4v) is 5.28. The molecule has 0 saturated carbocycles. The molecule has 0 spiro atoms. The Labute approximate surface area is 209 Å². The Morgan fingerprint density at radius 3 is 2.76 bits per heavy atom. The van der Waals surface area contributed by atoms with Crippen LogP contribution in [0.25, 0.3) is 21.1 Å². The number of benzene rings is 2. The molecule has 4 rings (SSSR count). The largest absolute Gasteiger partial charge is 0.489 e. The van der Waals surface area contributed by atoms with Crippen LogP contribution in [0, 0.1) is 0 Å². The van der Waals surface area contributed by atoms with Gasteiger partial charge in [0.2, 0.25) is 0 Å². The highest BCUT2D eigenvalue weighted by atomic mass is 35.5. The number of halogens is 1. The summed E-state index contributed by atoms with van der Waals surface area (Å²) in [4.78, 5) is 12.2. The van der Waals surface area contributed by atoms with E-state index in [9.17, 15) is 4.79 Å². The molecule has 0 amide bonds. The highest BCUT2D eigenvalue weighted by Gasteiger charge is 2.23. The molecular formula is C26H30ClN3O3S. The number of esters is 1. The van der Waals surface area contributed by atoms with Gasteiger partial charge in [-0.1, -0.05) is 48.1 Å². The fourth-order valence-electron chi connectivity index (χ4n) is 4.17. The molecule has 1 saturated heterocycles. The first-order valence-corrected chi connectivity index (χ1v) is 13.0. The van der Waals surface area contributed by atoms with Crippen LogP contribution in [0.2, 0.25) is 5.02 Å². The van der Waals surface area contributed by atoms with E-state index in [1.807, 2.05) is 38.1 Å². The molecular weight excluding hydrogens is 470 g/mol. The van der Waals surface area contributed by atoms with Gasteiger partial charge < -0.3 is 14.8 Å². The van der Waals surface area contributed by atoms with E-state index in [4.69, 9.17) is 21.1 Å². The van der Waals surface area contributed by atoms with Gasteiger partial charge in [0.1, 0.15) is 21.8 Å². The van der Waals surface area contributed by atoms with E-state index < -0.39 is 0 Å². The van der Waals surface area contributed by atoms with Crippen LogP contribution in [0.15, 0.2) is 36.4 Å². The zero-order chi connectivity index (χ0) is 24.1. The third-order valence-electron chi connectivity index (χ3n) is 5.78. The average Bonchev–Trinajstić information content (AvgIpc) is 3.52. The summed E-state index contributed by atoms with van der Waals surface area (Å²) < 4.78 is 11.3. The summed E-state index contributed by atoms with van der Waals surface area (Å²) in [5.74, 6) is 0.513. The van der Waals surface area contributed by atoms with Crippen LogP contribution in [0.3, 0.4) is 0 Å². The van der Waals surface area contributed by atoms with E-state index in [-0.39, 0.29) is 18.1 Å². The molecule has 0 bridgehead atoms. The lowest BCUT2D eigenvalue weighted by Crippen LogP contribution is -2.32. The van der Waals surface area contributed by atoms with E-state index in [2.05, 4.69) is 34.6 Å². The maximum absolute atomic E-state index is 12.2. The summed E-state index contributed by atoms with van der Waals surface area (Å²) in [6.07, 6.45) is 3.46. The van der Waals surface area contributed by atoms with Crippen molar-refractivity contribution >= 4 is 28.9 Å². The Hall–Kier alpha value is -2.48. The van der Waals surface area contributed by atoms with Crippen LogP contribution in [0.1, 0.15) is 44.7 Å². The number of hydrogen-bond donors (Lipinski definition) is 1. The van der Waals surface area contributed by atoms with Gasteiger partial charge in [0.05, 0.1) is 17.7 Å². The van der Waals surface area contributed by atoms with Crippen molar-refractivity contribution < 1.29 is 14.3 Å². The lowest BCUT2D eigenvalue weighted by molar-refractivity contribution is -0.145. The Morgan fingerprint density at radius 2 is 2.06 bits per heavy atom. The summed E-state index contributed by atoms with van der Waals surface area (Å²) in [7, 11) is 0. The standard InChI is InChI=1S/C26H30ClN3O3S/c1-4-19-17(12-14-32-26(31)22-9-6-13-28-22)7-5-8-20(19)25-30-29-24(34-25)18-10-11-23(21(27)15-18)33-16(2)3/h5,7-8,10-11,15-16,22,28H,4,6,9,12-14H2,1-3H3/t22-/m0/s1. The van der Waals surface area contributed by atoms with Gasteiger partial charge >= 0.3 is 5.97 Å². The molecule has 34 heavy (non-hydrogen) atoms. The van der Waals surface area contributed by atoms with Gasteiger partial charge in [-0.15, -0.1) is 10.2 Å². The molecule has 0 aliphatic carbocycles. The minimum atomic E-state index is -0.156. The molecule has 1 aliphatic heterocycles. The molecule has 6 nitrogen and oxygen atoms in total. The Morgan fingerprint density at radius 1 is 1.24 bits per heavy atom. The summed E-state index contributed by atoms with van der Waals surface area (Å²) in [5.41, 5.74) is 4.35. The molecule has 2 aromatic carbocycles. The topological polar surface area (TPSA) is 73.3 Å². The van der Waals surface area contributed by atoms with Crippen LogP contribution in [-0.2, 0) is 22.4 Å². The van der Waals surface area contributed by atoms with Crippen LogP contribution >= 0.6 is 22.9 Å². The van der Waals surface area contributed by atoms with Gasteiger partial charge in [-0.05, 0) is 69.0 Å². The quantitative estimate of drug-likeness (QED) is 0.380. The monoisotopic (exact) mass is 499 g/mol. The maximum atomic E-state index is 12.2. The molecule has 1 atom stereocenters. The summed E-state index contributed by atoms with van der Waals surface area (Å²) >= 11 is 7.96. The van der Waals surface area contributed by atoms with Crippen LogP contribution in [-0.4, -0.2) is 41.5 Å². The predicted octanol–water partition coefficient (Wildman–Crippen LogP) is 5.71. The van der Waals surface area contributed by atoms with E-state index in [0.29, 0.717) is 23.8 Å². The Kier molecular flexibility index (Phi) is 8.19. The second-order valence-electron chi connectivity index (χ2n) is 8.59. The molecule has 1 aliphatic rings. The SMILES string of the molecule is CCc1c(CCOC(=O)[C@@H]2CCCN2)cccc1-c1nnc(-c2ccc(OC(C)C)c(Cl)c2)s1. The number of ether oxygens (including phenoxy) is 2. The molecule has 180 valence electrons. The van der Waals surface area contributed by atoms with Gasteiger partial charge in [0.25, 0.3) is 0 Å². The van der Waals surface area contributed by atoms with Crippen molar-refractivity contribution in [3.63, 3.8) is 0 Å². The van der Waals surface area contributed by atoms with Gasteiger partial charge in [0, 0.05) is 17.5 Å². The molecule has 1 aromatic heterocycles. The Bertz CT molecular complexity index is 1140. The van der Waals surface area contributed by atoms with E-state index in [1.54, 1.807) is 0 Å². The number of rotatable bonds is 9. The Balaban J connectivity index is 1.49. The summed E-state index contributed by atoms with van der Waals surface area (Å²) in [5, 5.41) is 14.3. The van der Waals surface area contributed by atoms with Crippen LogP contribution in [0.4, 0.5) is 0 Å². The van der Waals surface area contributed by atoms with Crippen molar-refractivity contribution in [1.82, 2.24) is 15.5 Å². The predicted molar refractivity (Wildman–Crippen MR) is 137 cm³/mol. The number of aromatic nitrogens is 2. The van der Waals surface area contributed by atoms with Crippen molar-refractivity contribution in [1.29, 1.82) is 0 Å². The van der Waals surface area contributed by atoms with E-state index in [1.165, 1.54) is 22.5 Å². The number of nitrogens with one attached hydrogen (secondary N) is 1. The third-order valence-corrected chi connectivity index (χ3v) is 7.09. The van der Waals surface area contributed by atoms with Crippen molar-refractivity contribution in [3.8, 4) is 26.9 Å². The van der Waals surface area contributed by atoms with Crippen LogP contribution in [0.5, 0.6) is 5.75 Å².